The predicted molar refractivity (Wildman–Crippen MR) is 113 cm³/mol. The third-order valence-corrected chi connectivity index (χ3v) is 6.06. The van der Waals surface area contributed by atoms with Crippen molar-refractivity contribution in [2.45, 2.75) is 31.5 Å². The van der Waals surface area contributed by atoms with Crippen LogP contribution in [0.25, 0.3) is 0 Å². The summed E-state index contributed by atoms with van der Waals surface area (Å²) in [5.41, 5.74) is 0.694. The second-order valence-electron chi connectivity index (χ2n) is 7.75. The molecule has 28 heavy (non-hydrogen) atoms. The van der Waals surface area contributed by atoms with Gasteiger partial charge in [0.1, 0.15) is 5.67 Å². The molecule has 0 spiro atoms. The van der Waals surface area contributed by atoms with E-state index in [0.29, 0.717) is 36.1 Å². The van der Waals surface area contributed by atoms with Gasteiger partial charge in [-0.2, -0.15) is 0 Å². The van der Waals surface area contributed by atoms with E-state index >= 15 is 0 Å². The van der Waals surface area contributed by atoms with Crippen LogP contribution in [0.1, 0.15) is 30.5 Å². The van der Waals surface area contributed by atoms with E-state index in [1.807, 2.05) is 43.4 Å². The van der Waals surface area contributed by atoms with Crippen molar-refractivity contribution in [2.75, 3.05) is 26.7 Å². The molecule has 2 aromatic carbocycles. The molecule has 1 saturated heterocycles. The minimum atomic E-state index is -1.16. The Hall–Kier alpha value is -1.62. The highest BCUT2D eigenvalue weighted by molar-refractivity contribution is 6.42. The quantitative estimate of drug-likeness (QED) is 0.640. The largest absolute Gasteiger partial charge is 0.337 e. The predicted octanol–water partition coefficient (Wildman–Crippen LogP) is 5.17. The van der Waals surface area contributed by atoms with Gasteiger partial charge in [0.2, 0.25) is 5.91 Å². The number of carbonyl (C=O) groups is 1. The molecule has 1 heterocycles. The maximum absolute atomic E-state index is 14.3. The molecule has 1 fully saturated rings. The van der Waals surface area contributed by atoms with Gasteiger partial charge >= 0.3 is 0 Å². The molecule has 3 nitrogen and oxygen atoms in total. The molecule has 1 unspecified atom stereocenters. The van der Waals surface area contributed by atoms with Crippen molar-refractivity contribution >= 4 is 29.1 Å². The molecule has 0 aromatic heterocycles. The van der Waals surface area contributed by atoms with Crippen LogP contribution in [0.5, 0.6) is 0 Å². The van der Waals surface area contributed by atoms with Crippen molar-refractivity contribution in [1.29, 1.82) is 0 Å². The van der Waals surface area contributed by atoms with Gasteiger partial charge in [-0.25, -0.2) is 4.39 Å². The summed E-state index contributed by atoms with van der Waals surface area (Å²) in [6.45, 7) is 3.34. The molecule has 1 aliphatic heterocycles. The molecule has 1 aliphatic rings. The summed E-state index contributed by atoms with van der Waals surface area (Å²) in [7, 11) is 1.81. The Balaban J connectivity index is 1.76. The molecule has 2 aromatic rings. The summed E-state index contributed by atoms with van der Waals surface area (Å²) in [6, 6.07) is 15.0. The van der Waals surface area contributed by atoms with E-state index in [1.54, 1.807) is 24.0 Å². The van der Waals surface area contributed by atoms with Gasteiger partial charge in [-0.3, -0.25) is 9.69 Å². The lowest BCUT2D eigenvalue weighted by molar-refractivity contribution is -0.131. The van der Waals surface area contributed by atoms with Crippen LogP contribution in [0.4, 0.5) is 4.39 Å². The number of likely N-dealkylation sites (tertiary alicyclic amines) is 1. The Bertz CT molecular complexity index is 829. The number of alkyl halides is 1. The number of amides is 1. The van der Waals surface area contributed by atoms with Crippen molar-refractivity contribution in [3.05, 3.63) is 69.7 Å². The average Bonchev–Trinajstić information content (AvgIpc) is 3.01. The van der Waals surface area contributed by atoms with Gasteiger partial charge < -0.3 is 4.90 Å². The standard InChI is InChI=1S/C22H25Cl2FN2O/c1-22(25)10-11-27(15-22)14-20(17-6-4-3-5-7-17)26(2)21(28)13-16-8-9-18(23)19(24)12-16/h3-9,12,20H,10-11,13-15H2,1-2H3/t20-,22?/m1/s1. The summed E-state index contributed by atoms with van der Waals surface area (Å²) >= 11 is 12.0. The highest BCUT2D eigenvalue weighted by Gasteiger charge is 2.35. The lowest BCUT2D eigenvalue weighted by Gasteiger charge is -2.32. The third kappa shape index (κ3) is 5.25. The molecule has 6 heteroatoms. The first kappa shape index (κ1) is 21.1. The van der Waals surface area contributed by atoms with E-state index in [2.05, 4.69) is 4.90 Å². The molecule has 0 radical (unpaired) electrons. The molecule has 0 N–H and O–H groups in total. The SMILES string of the molecule is CN(C(=O)Cc1ccc(Cl)c(Cl)c1)[C@H](CN1CCC(C)(F)C1)c1ccccc1. The second-order valence-corrected chi connectivity index (χ2v) is 8.57. The van der Waals surface area contributed by atoms with Crippen LogP contribution in [0.15, 0.2) is 48.5 Å². The van der Waals surface area contributed by atoms with Gasteiger partial charge in [-0.1, -0.05) is 59.6 Å². The highest BCUT2D eigenvalue weighted by Crippen LogP contribution is 2.29. The zero-order chi connectivity index (χ0) is 20.3. The zero-order valence-electron chi connectivity index (χ0n) is 16.2. The van der Waals surface area contributed by atoms with Crippen molar-refractivity contribution in [2.24, 2.45) is 0 Å². The van der Waals surface area contributed by atoms with Gasteiger partial charge in [0.05, 0.1) is 22.5 Å². The van der Waals surface area contributed by atoms with Crippen LogP contribution < -0.4 is 0 Å². The third-order valence-electron chi connectivity index (χ3n) is 5.32. The van der Waals surface area contributed by atoms with Crippen LogP contribution in [0.2, 0.25) is 10.0 Å². The lowest BCUT2D eigenvalue weighted by atomic mass is 10.0. The van der Waals surface area contributed by atoms with Crippen LogP contribution in [0.3, 0.4) is 0 Å². The van der Waals surface area contributed by atoms with Crippen molar-refractivity contribution in [1.82, 2.24) is 9.80 Å². The molecule has 1 amide bonds. The Labute approximate surface area is 176 Å². The van der Waals surface area contributed by atoms with Gasteiger partial charge in [0, 0.05) is 26.7 Å². The van der Waals surface area contributed by atoms with Crippen molar-refractivity contribution in [3.63, 3.8) is 0 Å². The van der Waals surface area contributed by atoms with Crippen LogP contribution in [0, 0.1) is 0 Å². The first-order valence-corrected chi connectivity index (χ1v) is 10.2. The van der Waals surface area contributed by atoms with Crippen molar-refractivity contribution in [3.8, 4) is 0 Å². The fraction of sp³-hybridized carbons (Fsp3) is 0.409. The first-order valence-electron chi connectivity index (χ1n) is 9.41. The van der Waals surface area contributed by atoms with E-state index in [4.69, 9.17) is 23.2 Å². The summed E-state index contributed by atoms with van der Waals surface area (Å²) < 4.78 is 14.3. The van der Waals surface area contributed by atoms with Crippen molar-refractivity contribution < 1.29 is 9.18 Å². The fourth-order valence-corrected chi connectivity index (χ4v) is 3.99. The molecule has 150 valence electrons. The number of rotatable bonds is 6. The summed E-state index contributed by atoms with van der Waals surface area (Å²) in [5.74, 6) is -0.0190. The summed E-state index contributed by atoms with van der Waals surface area (Å²) in [5, 5.41) is 0.908. The minimum Gasteiger partial charge on any atom is -0.337 e. The monoisotopic (exact) mass is 422 g/mol. The second kappa shape index (κ2) is 8.81. The minimum absolute atomic E-state index is 0.0190. The number of likely N-dealkylation sites (N-methyl/N-ethyl adjacent to an activating group) is 1. The topological polar surface area (TPSA) is 23.6 Å². The average molecular weight is 423 g/mol. The van der Waals surface area contributed by atoms with E-state index < -0.39 is 5.67 Å². The number of hydrogen-bond acceptors (Lipinski definition) is 2. The Morgan fingerprint density at radius 2 is 1.93 bits per heavy atom. The number of benzene rings is 2. The molecule has 0 saturated carbocycles. The first-order chi connectivity index (χ1) is 13.2. The van der Waals surface area contributed by atoms with E-state index in [0.717, 1.165) is 11.1 Å². The maximum atomic E-state index is 14.3. The number of carbonyl (C=O) groups excluding carboxylic acids is 1. The molecule has 3 rings (SSSR count). The number of nitrogens with zero attached hydrogens (tertiary/aromatic N) is 2. The highest BCUT2D eigenvalue weighted by atomic mass is 35.5. The molecule has 2 atom stereocenters. The molecular weight excluding hydrogens is 398 g/mol. The van der Waals surface area contributed by atoms with Gasteiger partial charge in [0.15, 0.2) is 0 Å². The smallest absolute Gasteiger partial charge is 0.227 e. The number of hydrogen-bond donors (Lipinski definition) is 0. The van der Waals surface area contributed by atoms with E-state index in [1.165, 1.54) is 0 Å². The Kier molecular flexibility index (Phi) is 6.64. The molecular formula is C22H25Cl2FN2O. The number of halogens is 3. The Morgan fingerprint density at radius 3 is 2.54 bits per heavy atom. The maximum Gasteiger partial charge on any atom is 0.227 e. The van der Waals surface area contributed by atoms with Crippen LogP contribution in [-0.2, 0) is 11.2 Å². The summed E-state index contributed by atoms with van der Waals surface area (Å²) in [4.78, 5) is 16.8. The molecule has 0 aliphatic carbocycles. The Morgan fingerprint density at radius 1 is 1.21 bits per heavy atom. The molecule has 0 bridgehead atoms. The lowest BCUT2D eigenvalue weighted by Crippen LogP contribution is -2.40. The van der Waals surface area contributed by atoms with Gasteiger partial charge in [-0.05, 0) is 36.6 Å². The van der Waals surface area contributed by atoms with Gasteiger partial charge in [-0.15, -0.1) is 0 Å². The zero-order valence-corrected chi connectivity index (χ0v) is 17.7. The van der Waals surface area contributed by atoms with Crippen LogP contribution in [-0.4, -0.2) is 48.1 Å². The van der Waals surface area contributed by atoms with E-state index in [9.17, 15) is 9.18 Å². The summed E-state index contributed by atoms with van der Waals surface area (Å²) in [6.07, 6.45) is 0.757. The van der Waals surface area contributed by atoms with E-state index in [-0.39, 0.29) is 18.4 Å². The van der Waals surface area contributed by atoms with Gasteiger partial charge in [0.25, 0.3) is 0 Å². The normalized spacial score (nSPS) is 20.9. The van der Waals surface area contributed by atoms with Crippen LogP contribution >= 0.6 is 23.2 Å². The fourth-order valence-electron chi connectivity index (χ4n) is 3.67.